The lowest BCUT2D eigenvalue weighted by Gasteiger charge is -2.24. The number of hydrogen-bond acceptors (Lipinski definition) is 2. The molecule has 18 heavy (non-hydrogen) atoms. The third kappa shape index (κ3) is 4.61. The second-order valence-electron chi connectivity index (χ2n) is 4.74. The zero-order valence-corrected chi connectivity index (χ0v) is 14.0. The minimum atomic E-state index is -0.163. The molecule has 0 aliphatic rings. The first-order valence-corrected chi connectivity index (χ1v) is 7.43. The fraction of sp³-hybridized carbons (Fsp3) is 0.462. The van der Waals surface area contributed by atoms with Gasteiger partial charge in [-0.15, -0.1) is 0 Å². The van der Waals surface area contributed by atoms with Crippen LogP contribution in [0.25, 0.3) is 0 Å². The van der Waals surface area contributed by atoms with E-state index in [-0.39, 0.29) is 18.0 Å². The van der Waals surface area contributed by atoms with Crippen LogP contribution in [-0.4, -0.2) is 18.0 Å². The van der Waals surface area contributed by atoms with Gasteiger partial charge in [0.2, 0.25) is 5.91 Å². The summed E-state index contributed by atoms with van der Waals surface area (Å²) in [7, 11) is 0. The lowest BCUT2D eigenvalue weighted by Crippen LogP contribution is -2.45. The summed E-state index contributed by atoms with van der Waals surface area (Å²) in [6.45, 7) is 6.33. The number of halogens is 2. The Hall–Kier alpha value is -0.550. The molecular formula is C13H18Br2N2O. The summed E-state index contributed by atoms with van der Waals surface area (Å²) < 4.78 is 1.86. The van der Waals surface area contributed by atoms with Gasteiger partial charge in [0, 0.05) is 14.5 Å². The molecule has 0 saturated heterocycles. The number of carbonyl (C=O) groups is 1. The Morgan fingerprint density at radius 1 is 1.28 bits per heavy atom. The summed E-state index contributed by atoms with van der Waals surface area (Å²) in [6, 6.07) is 5.79. The number of amides is 1. The predicted molar refractivity (Wildman–Crippen MR) is 82.8 cm³/mol. The smallest absolute Gasteiger partial charge is 0.239 e. The van der Waals surface area contributed by atoms with Crippen LogP contribution in [-0.2, 0) is 4.79 Å². The summed E-state index contributed by atoms with van der Waals surface area (Å²) in [4.78, 5) is 11.8. The van der Waals surface area contributed by atoms with E-state index in [1.54, 1.807) is 0 Å². The zero-order chi connectivity index (χ0) is 13.8. The van der Waals surface area contributed by atoms with Gasteiger partial charge in [0.1, 0.15) is 0 Å². The number of benzene rings is 1. The van der Waals surface area contributed by atoms with Crippen LogP contribution in [0.4, 0.5) is 5.69 Å². The Morgan fingerprint density at radius 3 is 2.33 bits per heavy atom. The van der Waals surface area contributed by atoms with Crippen LogP contribution in [0.1, 0.15) is 27.2 Å². The van der Waals surface area contributed by atoms with E-state index in [0.29, 0.717) is 0 Å². The highest BCUT2D eigenvalue weighted by molar-refractivity contribution is 9.11. The Bertz CT molecular complexity index is 413. The number of carbonyl (C=O) groups excluding carboxylic acids is 1. The van der Waals surface area contributed by atoms with E-state index in [1.807, 2.05) is 32.0 Å². The monoisotopic (exact) mass is 376 g/mol. The molecule has 1 rings (SSSR count). The molecule has 2 N–H and O–H groups in total. The number of rotatable bonds is 5. The van der Waals surface area contributed by atoms with E-state index in [0.717, 1.165) is 21.1 Å². The maximum Gasteiger partial charge on any atom is 0.239 e. The molecule has 3 nitrogen and oxygen atoms in total. The van der Waals surface area contributed by atoms with Gasteiger partial charge in [0.05, 0.1) is 12.2 Å². The Kier molecular flexibility index (Phi) is 5.66. The first-order valence-electron chi connectivity index (χ1n) is 5.84. The number of nitrogens with one attached hydrogen (secondary N) is 2. The molecule has 0 aromatic heterocycles. The molecule has 1 aromatic carbocycles. The van der Waals surface area contributed by atoms with Crippen molar-refractivity contribution in [3.8, 4) is 0 Å². The van der Waals surface area contributed by atoms with Crippen molar-refractivity contribution >= 4 is 43.5 Å². The lowest BCUT2D eigenvalue weighted by molar-refractivity contribution is -0.121. The topological polar surface area (TPSA) is 41.1 Å². The van der Waals surface area contributed by atoms with Crippen LogP contribution < -0.4 is 10.6 Å². The van der Waals surface area contributed by atoms with Gasteiger partial charge in [0.15, 0.2) is 0 Å². The van der Waals surface area contributed by atoms with Gasteiger partial charge in [-0.2, -0.15) is 0 Å². The summed E-state index contributed by atoms with van der Waals surface area (Å²) >= 11 is 6.90. The van der Waals surface area contributed by atoms with Gasteiger partial charge in [-0.25, -0.2) is 0 Å². The quantitative estimate of drug-likeness (QED) is 0.816. The molecule has 0 bridgehead atoms. The second-order valence-corrected chi connectivity index (χ2v) is 6.44. The largest absolute Gasteiger partial charge is 0.374 e. The van der Waals surface area contributed by atoms with E-state index >= 15 is 0 Å². The van der Waals surface area contributed by atoms with Crippen LogP contribution >= 0.6 is 31.9 Å². The Labute approximate surface area is 125 Å². The van der Waals surface area contributed by atoms with Gasteiger partial charge in [-0.05, 0) is 64.3 Å². The average Bonchev–Trinajstić information content (AvgIpc) is 2.28. The van der Waals surface area contributed by atoms with Gasteiger partial charge >= 0.3 is 0 Å². The molecule has 0 fully saturated rings. The van der Waals surface area contributed by atoms with Gasteiger partial charge in [0.25, 0.3) is 0 Å². The molecule has 0 radical (unpaired) electrons. The molecule has 0 heterocycles. The third-order valence-electron chi connectivity index (χ3n) is 2.75. The van der Waals surface area contributed by atoms with Crippen molar-refractivity contribution in [2.45, 2.75) is 32.7 Å². The molecule has 0 unspecified atom stereocenters. The highest BCUT2D eigenvalue weighted by Gasteiger charge is 2.17. The zero-order valence-electron chi connectivity index (χ0n) is 10.8. The van der Waals surface area contributed by atoms with Gasteiger partial charge < -0.3 is 10.6 Å². The summed E-state index contributed by atoms with van der Waals surface area (Å²) in [5.41, 5.74) is 0.728. The SMILES string of the molecule is CCC(C)(C)NC(=O)CNc1c(Br)cccc1Br. The fourth-order valence-corrected chi connectivity index (χ4v) is 2.62. The molecule has 0 saturated carbocycles. The number of anilines is 1. The normalized spacial score (nSPS) is 11.2. The second kappa shape index (κ2) is 6.57. The highest BCUT2D eigenvalue weighted by atomic mass is 79.9. The summed E-state index contributed by atoms with van der Waals surface area (Å²) in [5, 5.41) is 6.10. The summed E-state index contributed by atoms with van der Waals surface area (Å²) in [6.07, 6.45) is 0.900. The molecule has 0 aliphatic heterocycles. The van der Waals surface area contributed by atoms with Crippen molar-refractivity contribution in [1.29, 1.82) is 0 Å². The molecule has 1 amide bonds. The maximum absolute atomic E-state index is 11.8. The minimum absolute atomic E-state index is 0.00972. The molecule has 5 heteroatoms. The van der Waals surface area contributed by atoms with Crippen LogP contribution in [0.2, 0.25) is 0 Å². The Morgan fingerprint density at radius 2 is 1.83 bits per heavy atom. The van der Waals surface area contributed by atoms with Crippen molar-refractivity contribution in [3.05, 3.63) is 27.1 Å². The number of hydrogen-bond donors (Lipinski definition) is 2. The van der Waals surface area contributed by atoms with E-state index in [2.05, 4.69) is 49.4 Å². The van der Waals surface area contributed by atoms with Crippen LogP contribution in [0.15, 0.2) is 27.1 Å². The first kappa shape index (κ1) is 15.5. The molecule has 100 valence electrons. The fourth-order valence-electron chi connectivity index (χ4n) is 1.35. The van der Waals surface area contributed by atoms with Crippen LogP contribution in [0.3, 0.4) is 0 Å². The third-order valence-corrected chi connectivity index (χ3v) is 4.07. The van der Waals surface area contributed by atoms with Crippen LogP contribution in [0, 0.1) is 0 Å². The first-order chi connectivity index (χ1) is 8.35. The molecule has 0 spiro atoms. The molecule has 1 aromatic rings. The highest BCUT2D eigenvalue weighted by Crippen LogP contribution is 2.30. The van der Waals surface area contributed by atoms with Crippen LogP contribution in [0.5, 0.6) is 0 Å². The van der Waals surface area contributed by atoms with E-state index in [4.69, 9.17) is 0 Å². The minimum Gasteiger partial charge on any atom is -0.374 e. The van der Waals surface area contributed by atoms with Crippen molar-refractivity contribution in [2.75, 3.05) is 11.9 Å². The number of para-hydroxylation sites is 1. The molecule has 0 atom stereocenters. The van der Waals surface area contributed by atoms with Crippen molar-refractivity contribution < 1.29 is 4.79 Å². The average molecular weight is 378 g/mol. The predicted octanol–water partition coefficient (Wildman–Crippen LogP) is 3.93. The summed E-state index contributed by atoms with van der Waals surface area (Å²) in [5.74, 6) is -0.00972. The van der Waals surface area contributed by atoms with Crippen molar-refractivity contribution in [3.63, 3.8) is 0 Å². The van der Waals surface area contributed by atoms with Crippen molar-refractivity contribution in [2.24, 2.45) is 0 Å². The Balaban J connectivity index is 2.58. The van der Waals surface area contributed by atoms with E-state index < -0.39 is 0 Å². The molecule has 0 aliphatic carbocycles. The van der Waals surface area contributed by atoms with Crippen molar-refractivity contribution in [1.82, 2.24) is 5.32 Å². The van der Waals surface area contributed by atoms with Gasteiger partial charge in [-0.1, -0.05) is 13.0 Å². The standard InChI is InChI=1S/C13H18Br2N2O/c1-4-13(2,3)17-11(18)8-16-12-9(14)6-5-7-10(12)15/h5-7,16H,4,8H2,1-3H3,(H,17,18). The van der Waals surface area contributed by atoms with E-state index in [9.17, 15) is 4.79 Å². The molecular weight excluding hydrogens is 360 g/mol. The maximum atomic E-state index is 11.8. The van der Waals surface area contributed by atoms with E-state index in [1.165, 1.54) is 0 Å². The lowest BCUT2D eigenvalue weighted by atomic mass is 10.0. The van der Waals surface area contributed by atoms with Gasteiger partial charge in [-0.3, -0.25) is 4.79 Å².